The van der Waals surface area contributed by atoms with Crippen molar-refractivity contribution in [2.75, 3.05) is 0 Å². The molecule has 0 bridgehead atoms. The molecule has 0 saturated carbocycles. The number of carboxylic acids is 1. The van der Waals surface area contributed by atoms with Gasteiger partial charge in [0.05, 0.1) is 6.42 Å². The summed E-state index contributed by atoms with van der Waals surface area (Å²) < 4.78 is 1.39. The summed E-state index contributed by atoms with van der Waals surface area (Å²) in [6.07, 6.45) is 9.15. The van der Waals surface area contributed by atoms with Gasteiger partial charge in [0, 0.05) is 24.6 Å². The lowest BCUT2D eigenvalue weighted by Gasteiger charge is -2.36. The van der Waals surface area contributed by atoms with E-state index in [0.717, 1.165) is 32.1 Å². The van der Waals surface area contributed by atoms with E-state index in [1.165, 1.54) is 4.57 Å². The van der Waals surface area contributed by atoms with Crippen molar-refractivity contribution in [2.24, 2.45) is 28.7 Å². The highest BCUT2D eigenvalue weighted by Crippen LogP contribution is 2.45. The quantitative estimate of drug-likeness (QED) is 0.278. The highest BCUT2D eigenvalue weighted by molar-refractivity contribution is 5.67. The Morgan fingerprint density at radius 1 is 0.970 bits per heavy atom. The van der Waals surface area contributed by atoms with Gasteiger partial charge in [-0.1, -0.05) is 74.5 Å². The summed E-state index contributed by atoms with van der Waals surface area (Å²) in [7, 11) is 1.64. The Morgan fingerprint density at radius 3 is 2.00 bits per heavy atom. The zero-order chi connectivity index (χ0) is 25.8. The van der Waals surface area contributed by atoms with Crippen LogP contribution < -0.4 is 0 Å². The molecule has 0 aliphatic heterocycles. The summed E-state index contributed by atoms with van der Waals surface area (Å²) in [6.45, 7) is 19.8. The van der Waals surface area contributed by atoms with Gasteiger partial charge in [-0.15, -0.1) is 0 Å². The van der Waals surface area contributed by atoms with Gasteiger partial charge in [-0.2, -0.15) is 0 Å². The predicted octanol–water partition coefficient (Wildman–Crippen LogP) is 7.63. The largest absolute Gasteiger partial charge is 0.494 e. The first kappa shape index (κ1) is 29.1. The molecule has 1 aromatic heterocycles. The van der Waals surface area contributed by atoms with Crippen LogP contribution >= 0.6 is 0 Å². The molecular formula is C28H49NO4. The van der Waals surface area contributed by atoms with E-state index in [-0.39, 0.29) is 45.8 Å². The third-order valence-electron chi connectivity index (χ3n) is 6.33. The number of aromatic nitrogens is 1. The lowest BCUT2D eigenvalue weighted by molar-refractivity contribution is -0.139. The molecular weight excluding hydrogens is 414 g/mol. The maximum Gasteiger partial charge on any atom is 0.303 e. The van der Waals surface area contributed by atoms with Crippen molar-refractivity contribution in [3.05, 3.63) is 23.8 Å². The number of hydrogen-bond donors (Lipinski definition) is 3. The number of carbonyl (C=O) groups is 1. The van der Waals surface area contributed by atoms with E-state index in [2.05, 4.69) is 60.6 Å². The lowest BCUT2D eigenvalue weighted by Crippen LogP contribution is -2.27. The fraction of sp³-hybridized carbons (Fsp3) is 0.750. The van der Waals surface area contributed by atoms with Gasteiger partial charge in [0.15, 0.2) is 11.8 Å². The van der Waals surface area contributed by atoms with Gasteiger partial charge in [-0.05, 0) is 53.8 Å². The van der Waals surface area contributed by atoms with Crippen LogP contribution in [0.4, 0.5) is 0 Å². The molecule has 3 N–H and O–H groups in total. The summed E-state index contributed by atoms with van der Waals surface area (Å²) in [4.78, 5) is 11.3. The van der Waals surface area contributed by atoms with E-state index < -0.39 is 5.97 Å². The average molecular weight is 464 g/mol. The van der Waals surface area contributed by atoms with Crippen molar-refractivity contribution in [3.63, 3.8) is 0 Å². The number of carboxylic acid groups (broad SMARTS) is 1. The van der Waals surface area contributed by atoms with Crippen LogP contribution in [0.5, 0.6) is 11.8 Å². The molecule has 0 amide bonds. The van der Waals surface area contributed by atoms with Crippen LogP contribution in [0.2, 0.25) is 0 Å². The first-order valence-corrected chi connectivity index (χ1v) is 12.2. The highest BCUT2D eigenvalue weighted by atomic mass is 16.4. The summed E-state index contributed by atoms with van der Waals surface area (Å²) in [5.74, 6) is -0.735. The number of aromatic hydroxyl groups is 2. The molecule has 0 radical (unpaired) electrons. The van der Waals surface area contributed by atoms with Gasteiger partial charge in [0.2, 0.25) is 0 Å². The van der Waals surface area contributed by atoms with E-state index in [1.54, 1.807) is 13.1 Å². The molecule has 5 nitrogen and oxygen atoms in total. The Labute approximate surface area is 201 Å². The molecule has 0 aliphatic carbocycles. The zero-order valence-electron chi connectivity index (χ0n) is 22.7. The van der Waals surface area contributed by atoms with E-state index in [9.17, 15) is 20.1 Å². The molecule has 33 heavy (non-hydrogen) atoms. The number of nitrogens with zero attached hydrogens (tertiary/aromatic N) is 1. The SMILES string of the molecule is Cn1c(O)cc(C(C=CCCC(C)(C)CC(C)(C)C)CC(C)(C)CC(C)(C)CC(=O)O)c1O. The second-order valence-electron chi connectivity index (χ2n) is 13.6. The van der Waals surface area contributed by atoms with Crippen LogP contribution in [-0.2, 0) is 11.8 Å². The first-order chi connectivity index (χ1) is 14.7. The second kappa shape index (κ2) is 10.6. The van der Waals surface area contributed by atoms with E-state index >= 15 is 0 Å². The number of rotatable bonds is 12. The molecule has 0 aliphatic rings. The van der Waals surface area contributed by atoms with Crippen LogP contribution in [-0.4, -0.2) is 25.9 Å². The van der Waals surface area contributed by atoms with Gasteiger partial charge in [-0.3, -0.25) is 9.36 Å². The average Bonchev–Trinajstić information content (AvgIpc) is 2.80. The molecule has 1 unspecified atom stereocenters. The van der Waals surface area contributed by atoms with Crippen molar-refractivity contribution in [1.82, 2.24) is 4.57 Å². The zero-order valence-corrected chi connectivity index (χ0v) is 22.7. The topological polar surface area (TPSA) is 82.7 Å². The normalized spacial score (nSPS) is 14.7. The number of hydrogen-bond acceptors (Lipinski definition) is 3. The van der Waals surface area contributed by atoms with Gasteiger partial charge in [0.1, 0.15) is 0 Å². The molecule has 0 aromatic carbocycles. The van der Waals surface area contributed by atoms with Gasteiger partial charge < -0.3 is 15.3 Å². The molecule has 0 spiro atoms. The van der Waals surface area contributed by atoms with Crippen LogP contribution in [0.3, 0.4) is 0 Å². The second-order valence-corrected chi connectivity index (χ2v) is 13.6. The lowest BCUT2D eigenvalue weighted by atomic mass is 9.69. The minimum atomic E-state index is -0.782. The fourth-order valence-corrected chi connectivity index (χ4v) is 5.85. The van der Waals surface area contributed by atoms with Crippen molar-refractivity contribution in [1.29, 1.82) is 0 Å². The summed E-state index contributed by atoms with van der Waals surface area (Å²) in [5.41, 5.74) is 0.754. The smallest absolute Gasteiger partial charge is 0.303 e. The summed E-state index contributed by atoms with van der Waals surface area (Å²) in [6, 6.07) is 1.65. The van der Waals surface area contributed by atoms with Crippen molar-refractivity contribution in [2.45, 2.75) is 107 Å². The Morgan fingerprint density at radius 2 is 1.55 bits per heavy atom. The van der Waals surface area contributed by atoms with E-state index in [0.29, 0.717) is 5.56 Å². The van der Waals surface area contributed by atoms with E-state index in [1.807, 2.05) is 13.8 Å². The minimum absolute atomic E-state index is 0.0382. The van der Waals surface area contributed by atoms with Crippen molar-refractivity contribution in [3.8, 4) is 11.8 Å². The molecule has 190 valence electrons. The van der Waals surface area contributed by atoms with Crippen LogP contribution in [0, 0.1) is 21.7 Å². The number of aliphatic carboxylic acids is 1. The Balaban J connectivity index is 3.07. The van der Waals surface area contributed by atoms with Gasteiger partial charge in [-0.25, -0.2) is 0 Å². The Kier molecular flexibility index (Phi) is 9.32. The summed E-state index contributed by atoms with van der Waals surface area (Å²) in [5, 5.41) is 30.1. The van der Waals surface area contributed by atoms with Crippen molar-refractivity contribution < 1.29 is 20.1 Å². The molecule has 1 aromatic rings. The minimum Gasteiger partial charge on any atom is -0.494 e. The predicted molar refractivity (Wildman–Crippen MR) is 137 cm³/mol. The standard InChI is InChI=1S/C28H49NO4/c1-25(2,3)18-26(4,5)14-12-11-13-20(21-15-22(30)29(10)24(21)33)16-27(6,7)19-28(8,9)17-23(31)32/h11,13,15,20,30,33H,12,14,16-19H2,1-10H3,(H,31,32). The molecule has 1 atom stereocenters. The maximum absolute atomic E-state index is 11.3. The van der Waals surface area contributed by atoms with Gasteiger partial charge >= 0.3 is 5.97 Å². The molecule has 5 heteroatoms. The fourth-order valence-electron chi connectivity index (χ4n) is 5.85. The Bertz CT molecular complexity index is 822. The van der Waals surface area contributed by atoms with E-state index in [4.69, 9.17) is 0 Å². The van der Waals surface area contributed by atoms with Crippen LogP contribution in [0.1, 0.15) is 112 Å². The van der Waals surface area contributed by atoms with Crippen molar-refractivity contribution >= 4 is 5.97 Å². The van der Waals surface area contributed by atoms with Gasteiger partial charge in [0.25, 0.3) is 0 Å². The first-order valence-electron chi connectivity index (χ1n) is 12.2. The molecule has 1 rings (SSSR count). The van der Waals surface area contributed by atoms with Crippen LogP contribution in [0.25, 0.3) is 0 Å². The number of allylic oxidation sites excluding steroid dienone is 2. The Hall–Kier alpha value is -1.91. The molecule has 1 heterocycles. The summed E-state index contributed by atoms with van der Waals surface area (Å²) >= 11 is 0. The molecule has 0 fully saturated rings. The highest BCUT2D eigenvalue weighted by Gasteiger charge is 2.33. The third kappa shape index (κ3) is 10.3. The van der Waals surface area contributed by atoms with Crippen LogP contribution in [0.15, 0.2) is 18.2 Å². The maximum atomic E-state index is 11.3. The monoisotopic (exact) mass is 463 g/mol. The third-order valence-corrected chi connectivity index (χ3v) is 6.33. The molecule has 0 saturated heterocycles.